The van der Waals surface area contributed by atoms with Gasteiger partial charge < -0.3 is 4.42 Å². The highest BCUT2D eigenvalue weighted by atomic mass is 16.3. The molecule has 0 amide bonds. The zero-order valence-corrected chi connectivity index (χ0v) is 15.5. The number of aromatic nitrogens is 1. The molecule has 26 heavy (non-hydrogen) atoms. The fourth-order valence-corrected chi connectivity index (χ4v) is 3.62. The summed E-state index contributed by atoms with van der Waals surface area (Å²) in [6.07, 6.45) is 2.05. The molecule has 0 saturated heterocycles. The molecular formula is C23H21N2O+. The summed E-state index contributed by atoms with van der Waals surface area (Å²) in [5.74, 6) is 0.291. The molecule has 4 rings (SSSR count). The van der Waals surface area contributed by atoms with Crippen molar-refractivity contribution in [2.45, 2.75) is 26.7 Å². The fourth-order valence-electron chi connectivity index (χ4n) is 3.62. The number of furan rings is 1. The van der Waals surface area contributed by atoms with Crippen molar-refractivity contribution in [3.63, 3.8) is 0 Å². The molecule has 0 radical (unpaired) electrons. The summed E-state index contributed by atoms with van der Waals surface area (Å²) in [7, 11) is 2.05. The molecule has 2 aromatic heterocycles. The SMILES string of the molecule is Cc1cc2oc3c(C(C)C)cc(C#N)cc3c2cc1-c1cccc[n+]1C. The quantitative estimate of drug-likeness (QED) is 0.459. The minimum Gasteiger partial charge on any atom is -0.456 e. The summed E-state index contributed by atoms with van der Waals surface area (Å²) in [5, 5.41) is 11.5. The second-order valence-corrected chi connectivity index (χ2v) is 7.17. The molecule has 0 atom stereocenters. The summed E-state index contributed by atoms with van der Waals surface area (Å²) in [6.45, 7) is 6.37. The zero-order valence-electron chi connectivity index (χ0n) is 15.5. The Labute approximate surface area is 153 Å². The lowest BCUT2D eigenvalue weighted by molar-refractivity contribution is -0.660. The molecule has 0 fully saturated rings. The number of benzene rings is 2. The predicted octanol–water partition coefficient (Wildman–Crippen LogP) is 5.38. The molecule has 3 heteroatoms. The second-order valence-electron chi connectivity index (χ2n) is 7.17. The Morgan fingerprint density at radius 1 is 1.08 bits per heavy atom. The predicted molar refractivity (Wildman–Crippen MR) is 104 cm³/mol. The van der Waals surface area contributed by atoms with Gasteiger partial charge in [0.25, 0.3) is 0 Å². The van der Waals surface area contributed by atoms with Gasteiger partial charge in [0.2, 0.25) is 5.69 Å². The smallest absolute Gasteiger partial charge is 0.212 e. The molecule has 0 aliphatic heterocycles. The van der Waals surface area contributed by atoms with Crippen LogP contribution in [0.1, 0.15) is 36.5 Å². The van der Waals surface area contributed by atoms with E-state index in [1.807, 2.05) is 18.2 Å². The summed E-state index contributed by atoms with van der Waals surface area (Å²) in [4.78, 5) is 0. The van der Waals surface area contributed by atoms with Crippen LogP contribution in [0.3, 0.4) is 0 Å². The van der Waals surface area contributed by atoms with E-state index in [1.54, 1.807) is 0 Å². The van der Waals surface area contributed by atoms with Crippen LogP contribution in [0.25, 0.3) is 33.2 Å². The average Bonchev–Trinajstić information content (AvgIpc) is 2.97. The van der Waals surface area contributed by atoms with Gasteiger partial charge in [-0.15, -0.1) is 0 Å². The van der Waals surface area contributed by atoms with E-state index >= 15 is 0 Å². The summed E-state index contributed by atoms with van der Waals surface area (Å²) < 4.78 is 8.35. The summed E-state index contributed by atoms with van der Waals surface area (Å²) >= 11 is 0. The molecule has 0 N–H and O–H groups in total. The van der Waals surface area contributed by atoms with Crippen molar-refractivity contribution >= 4 is 21.9 Å². The summed E-state index contributed by atoms with van der Waals surface area (Å²) in [5.41, 5.74) is 7.03. The first-order valence-electron chi connectivity index (χ1n) is 8.85. The molecule has 4 aromatic rings. The molecule has 0 spiro atoms. The molecule has 128 valence electrons. The van der Waals surface area contributed by atoms with Gasteiger partial charge in [-0.25, -0.2) is 4.57 Å². The van der Waals surface area contributed by atoms with Crippen LogP contribution in [0, 0.1) is 18.3 Å². The lowest BCUT2D eigenvalue weighted by atomic mass is 9.96. The summed E-state index contributed by atoms with van der Waals surface area (Å²) in [6, 6.07) is 16.7. The molecule has 0 unspecified atom stereocenters. The van der Waals surface area contributed by atoms with E-state index in [4.69, 9.17) is 4.42 Å². The highest BCUT2D eigenvalue weighted by Gasteiger charge is 2.19. The third-order valence-electron chi connectivity index (χ3n) is 5.03. The topological polar surface area (TPSA) is 40.8 Å². The maximum atomic E-state index is 9.44. The molecule has 2 heterocycles. The fraction of sp³-hybridized carbons (Fsp3) is 0.217. The number of nitrogens with zero attached hydrogens (tertiary/aromatic N) is 2. The Hall–Kier alpha value is -3.12. The highest BCUT2D eigenvalue weighted by Crippen LogP contribution is 2.37. The van der Waals surface area contributed by atoms with Crippen LogP contribution in [-0.4, -0.2) is 0 Å². The Morgan fingerprint density at radius 2 is 1.88 bits per heavy atom. The lowest BCUT2D eigenvalue weighted by Crippen LogP contribution is -2.30. The van der Waals surface area contributed by atoms with Gasteiger partial charge in [-0.2, -0.15) is 5.26 Å². The van der Waals surface area contributed by atoms with Crippen molar-refractivity contribution in [3.05, 3.63) is 65.4 Å². The van der Waals surface area contributed by atoms with Gasteiger partial charge in [0.15, 0.2) is 6.20 Å². The standard InChI is InChI=1S/C23H21N2O/c1-14(2)17-10-16(13-24)11-20-19-12-18(21-7-5-6-8-25(21)4)15(3)9-22(19)26-23(17)20/h5-12,14H,1-4H3/q+1. The van der Waals surface area contributed by atoms with Crippen molar-refractivity contribution in [2.75, 3.05) is 0 Å². The van der Waals surface area contributed by atoms with Crippen LogP contribution in [-0.2, 0) is 7.05 Å². The molecule has 2 aromatic carbocycles. The van der Waals surface area contributed by atoms with E-state index in [1.165, 1.54) is 11.1 Å². The third-order valence-corrected chi connectivity index (χ3v) is 5.03. The highest BCUT2D eigenvalue weighted by molar-refractivity contribution is 6.08. The monoisotopic (exact) mass is 341 g/mol. The van der Waals surface area contributed by atoms with E-state index in [-0.39, 0.29) is 0 Å². The number of pyridine rings is 1. The van der Waals surface area contributed by atoms with Crippen LogP contribution >= 0.6 is 0 Å². The average molecular weight is 341 g/mol. The Balaban J connectivity index is 2.10. The normalized spacial score (nSPS) is 11.4. The Kier molecular flexibility index (Phi) is 3.77. The van der Waals surface area contributed by atoms with E-state index in [0.29, 0.717) is 11.5 Å². The van der Waals surface area contributed by atoms with Gasteiger partial charge in [0, 0.05) is 28.5 Å². The van der Waals surface area contributed by atoms with Crippen LogP contribution < -0.4 is 4.57 Å². The minimum absolute atomic E-state index is 0.291. The van der Waals surface area contributed by atoms with E-state index in [0.717, 1.165) is 33.2 Å². The minimum atomic E-state index is 0.291. The molecule has 0 bridgehead atoms. The molecule has 0 aliphatic carbocycles. The maximum Gasteiger partial charge on any atom is 0.212 e. The van der Waals surface area contributed by atoms with Crippen molar-refractivity contribution in [3.8, 4) is 17.3 Å². The van der Waals surface area contributed by atoms with Crippen molar-refractivity contribution in [1.29, 1.82) is 5.26 Å². The van der Waals surface area contributed by atoms with Crippen LogP contribution in [0.4, 0.5) is 0 Å². The van der Waals surface area contributed by atoms with Crippen LogP contribution in [0.5, 0.6) is 0 Å². The number of aryl methyl sites for hydroxylation is 2. The van der Waals surface area contributed by atoms with E-state index in [2.05, 4.69) is 68.9 Å². The zero-order chi connectivity index (χ0) is 18.4. The van der Waals surface area contributed by atoms with Gasteiger partial charge in [0.05, 0.1) is 11.6 Å². The first-order valence-corrected chi connectivity index (χ1v) is 8.85. The Bertz CT molecular complexity index is 1190. The number of rotatable bonds is 2. The molecule has 0 saturated carbocycles. The van der Waals surface area contributed by atoms with E-state index in [9.17, 15) is 5.26 Å². The van der Waals surface area contributed by atoms with Gasteiger partial charge in [-0.05, 0) is 54.3 Å². The van der Waals surface area contributed by atoms with Crippen molar-refractivity contribution in [2.24, 2.45) is 7.05 Å². The first kappa shape index (κ1) is 16.4. The third kappa shape index (κ3) is 2.46. The number of hydrogen-bond donors (Lipinski definition) is 0. The number of hydrogen-bond acceptors (Lipinski definition) is 2. The largest absolute Gasteiger partial charge is 0.456 e. The van der Waals surface area contributed by atoms with Gasteiger partial charge >= 0.3 is 0 Å². The maximum absolute atomic E-state index is 9.44. The molecular weight excluding hydrogens is 320 g/mol. The van der Waals surface area contributed by atoms with Gasteiger partial charge in [-0.1, -0.05) is 13.8 Å². The molecule has 0 aliphatic rings. The first-order chi connectivity index (χ1) is 12.5. The molecule has 3 nitrogen and oxygen atoms in total. The van der Waals surface area contributed by atoms with E-state index < -0.39 is 0 Å². The Morgan fingerprint density at radius 3 is 2.58 bits per heavy atom. The van der Waals surface area contributed by atoms with Crippen molar-refractivity contribution in [1.82, 2.24) is 0 Å². The van der Waals surface area contributed by atoms with Crippen molar-refractivity contribution < 1.29 is 8.98 Å². The number of fused-ring (bicyclic) bond motifs is 3. The number of nitriles is 1. The van der Waals surface area contributed by atoms with Gasteiger partial charge in [0.1, 0.15) is 18.2 Å². The van der Waals surface area contributed by atoms with Crippen LogP contribution in [0.2, 0.25) is 0 Å². The van der Waals surface area contributed by atoms with Crippen LogP contribution in [0.15, 0.2) is 53.1 Å². The lowest BCUT2D eigenvalue weighted by Gasteiger charge is -2.06. The van der Waals surface area contributed by atoms with Gasteiger partial charge in [-0.3, -0.25) is 0 Å². The second kappa shape index (κ2) is 6.00.